The number of hydrogen-bond acceptors (Lipinski definition) is 2. The number of aryl methyl sites for hydroxylation is 1. The number of rotatable bonds is 7. The minimum atomic E-state index is -0.631. The van der Waals surface area contributed by atoms with Gasteiger partial charge in [-0.15, -0.1) is 0 Å². The van der Waals surface area contributed by atoms with Crippen LogP contribution < -0.4 is 5.32 Å². The summed E-state index contributed by atoms with van der Waals surface area (Å²) in [7, 11) is 0. The molecule has 0 heterocycles. The van der Waals surface area contributed by atoms with Crippen molar-refractivity contribution in [3.05, 3.63) is 71.0 Å². The predicted octanol–water partition coefficient (Wildman–Crippen LogP) is 4.40. The molecule has 0 spiro atoms. The molecule has 2 aromatic rings. The van der Waals surface area contributed by atoms with E-state index in [0.717, 1.165) is 11.1 Å². The molecule has 156 valence electrons. The average Bonchev–Trinajstić information content (AvgIpc) is 2.62. The maximum atomic E-state index is 14.1. The zero-order valence-electron chi connectivity index (χ0n) is 18.0. The van der Waals surface area contributed by atoms with Gasteiger partial charge in [0.2, 0.25) is 11.8 Å². The normalized spacial score (nSPS) is 12.3. The summed E-state index contributed by atoms with van der Waals surface area (Å²) in [5.41, 5.74) is 1.94. The third-order valence-corrected chi connectivity index (χ3v) is 4.62. The van der Waals surface area contributed by atoms with Gasteiger partial charge in [-0.2, -0.15) is 0 Å². The third kappa shape index (κ3) is 6.70. The first-order valence-electron chi connectivity index (χ1n) is 10.0. The van der Waals surface area contributed by atoms with E-state index in [4.69, 9.17) is 0 Å². The van der Waals surface area contributed by atoms with E-state index in [2.05, 4.69) is 5.32 Å². The lowest BCUT2D eigenvalue weighted by atomic mass is 10.0. The first-order valence-corrected chi connectivity index (χ1v) is 10.0. The molecule has 29 heavy (non-hydrogen) atoms. The van der Waals surface area contributed by atoms with E-state index in [0.29, 0.717) is 18.5 Å². The highest BCUT2D eigenvalue weighted by Crippen LogP contribution is 2.17. The Balaban J connectivity index is 2.34. The maximum Gasteiger partial charge on any atom is 0.243 e. The van der Waals surface area contributed by atoms with Crippen LogP contribution in [0.25, 0.3) is 0 Å². The molecular weight excluding hydrogens is 367 g/mol. The molecular formula is C24H31FN2O2. The molecule has 2 aromatic carbocycles. The van der Waals surface area contributed by atoms with E-state index >= 15 is 0 Å². The Labute approximate surface area is 173 Å². The first kappa shape index (κ1) is 22.6. The monoisotopic (exact) mass is 398 g/mol. The van der Waals surface area contributed by atoms with Gasteiger partial charge in [-0.3, -0.25) is 9.59 Å². The van der Waals surface area contributed by atoms with E-state index in [1.807, 2.05) is 58.9 Å². The minimum Gasteiger partial charge on any atom is -0.350 e. The molecule has 2 rings (SSSR count). The summed E-state index contributed by atoms with van der Waals surface area (Å²) >= 11 is 0. The lowest BCUT2D eigenvalue weighted by Crippen LogP contribution is -2.53. The number of benzene rings is 2. The number of halogens is 1. The highest BCUT2D eigenvalue weighted by molar-refractivity contribution is 5.88. The van der Waals surface area contributed by atoms with Crippen LogP contribution in [0.3, 0.4) is 0 Å². The van der Waals surface area contributed by atoms with Crippen molar-refractivity contribution in [2.75, 3.05) is 0 Å². The summed E-state index contributed by atoms with van der Waals surface area (Å²) in [5, 5.41) is 2.97. The number of hydrogen-bond donors (Lipinski definition) is 1. The molecule has 0 aliphatic rings. The zero-order valence-corrected chi connectivity index (χ0v) is 18.0. The van der Waals surface area contributed by atoms with Crippen molar-refractivity contribution in [2.45, 2.75) is 65.6 Å². The van der Waals surface area contributed by atoms with Crippen molar-refractivity contribution in [1.82, 2.24) is 10.2 Å². The molecule has 2 amide bonds. The molecule has 4 nitrogen and oxygen atoms in total. The number of amides is 2. The maximum absolute atomic E-state index is 14.1. The molecule has 0 radical (unpaired) electrons. The fourth-order valence-corrected chi connectivity index (χ4v) is 3.29. The molecule has 0 saturated heterocycles. The van der Waals surface area contributed by atoms with Gasteiger partial charge >= 0.3 is 0 Å². The molecule has 1 atom stereocenters. The summed E-state index contributed by atoms with van der Waals surface area (Å²) in [6.07, 6.45) is 0.383. The lowest BCUT2D eigenvalue weighted by molar-refractivity contribution is -0.141. The Morgan fingerprint density at radius 3 is 2.38 bits per heavy atom. The largest absolute Gasteiger partial charge is 0.350 e. The van der Waals surface area contributed by atoms with Gasteiger partial charge in [0.05, 0.1) is 6.42 Å². The fraction of sp³-hybridized carbons (Fsp3) is 0.417. The molecule has 1 N–H and O–H groups in total. The van der Waals surface area contributed by atoms with Crippen molar-refractivity contribution in [3.8, 4) is 0 Å². The van der Waals surface area contributed by atoms with Crippen LogP contribution in [-0.2, 0) is 22.6 Å². The van der Waals surface area contributed by atoms with Crippen LogP contribution in [-0.4, -0.2) is 28.3 Å². The zero-order chi connectivity index (χ0) is 21.6. The van der Waals surface area contributed by atoms with Crippen LogP contribution in [0.5, 0.6) is 0 Å². The Kier molecular flexibility index (Phi) is 7.54. The molecule has 0 aromatic heterocycles. The van der Waals surface area contributed by atoms with Gasteiger partial charge < -0.3 is 10.2 Å². The Morgan fingerprint density at radius 2 is 1.79 bits per heavy atom. The van der Waals surface area contributed by atoms with Gasteiger partial charge in [0.1, 0.15) is 11.9 Å². The van der Waals surface area contributed by atoms with E-state index in [1.54, 1.807) is 23.1 Å². The third-order valence-electron chi connectivity index (χ3n) is 4.62. The van der Waals surface area contributed by atoms with Gasteiger partial charge in [-0.25, -0.2) is 4.39 Å². The van der Waals surface area contributed by atoms with Crippen LogP contribution in [0.15, 0.2) is 48.5 Å². The van der Waals surface area contributed by atoms with E-state index in [9.17, 15) is 14.0 Å². The summed E-state index contributed by atoms with van der Waals surface area (Å²) in [6, 6.07) is 13.5. The Hall–Kier alpha value is -2.69. The quantitative estimate of drug-likeness (QED) is 0.752. The molecule has 0 bridgehead atoms. The van der Waals surface area contributed by atoms with Gasteiger partial charge in [0.15, 0.2) is 0 Å². The van der Waals surface area contributed by atoms with E-state index < -0.39 is 17.4 Å². The number of nitrogens with zero attached hydrogens (tertiary/aromatic N) is 1. The number of nitrogens with one attached hydrogen (secondary N) is 1. The molecule has 0 aliphatic carbocycles. The SMILES string of the molecule is CC[C@H](C(=O)NC(C)(C)C)N(Cc1cccc(C)c1)C(=O)Cc1ccccc1F. The van der Waals surface area contributed by atoms with Crippen molar-refractivity contribution < 1.29 is 14.0 Å². The van der Waals surface area contributed by atoms with Crippen LogP contribution in [0.4, 0.5) is 4.39 Å². The number of carbonyl (C=O) groups excluding carboxylic acids is 2. The average molecular weight is 399 g/mol. The lowest BCUT2D eigenvalue weighted by Gasteiger charge is -2.33. The molecule has 0 unspecified atom stereocenters. The highest BCUT2D eigenvalue weighted by atomic mass is 19.1. The molecule has 0 fully saturated rings. The van der Waals surface area contributed by atoms with Crippen LogP contribution >= 0.6 is 0 Å². The Bertz CT molecular complexity index is 858. The van der Waals surface area contributed by atoms with Crippen LogP contribution in [0.1, 0.15) is 50.8 Å². The van der Waals surface area contributed by atoms with Gasteiger partial charge in [0.25, 0.3) is 0 Å². The van der Waals surface area contributed by atoms with Crippen molar-refractivity contribution in [3.63, 3.8) is 0 Å². The second-order valence-electron chi connectivity index (χ2n) is 8.44. The summed E-state index contributed by atoms with van der Waals surface area (Å²) in [5.74, 6) is -0.884. The second kappa shape index (κ2) is 9.68. The summed E-state index contributed by atoms with van der Waals surface area (Å²) in [4.78, 5) is 27.7. The van der Waals surface area contributed by atoms with Crippen molar-refractivity contribution in [2.24, 2.45) is 0 Å². The second-order valence-corrected chi connectivity index (χ2v) is 8.44. The van der Waals surface area contributed by atoms with Crippen molar-refractivity contribution in [1.29, 1.82) is 0 Å². The van der Waals surface area contributed by atoms with Gasteiger partial charge in [-0.05, 0) is 51.3 Å². The standard InChI is InChI=1S/C24H31FN2O2/c1-6-21(23(29)26-24(3,4)5)27(16-18-11-9-10-17(2)14-18)22(28)15-19-12-7-8-13-20(19)25/h7-14,21H,6,15-16H2,1-5H3,(H,26,29)/t21-/m1/s1. The summed E-state index contributed by atoms with van der Waals surface area (Å²) in [6.45, 7) is 9.88. The predicted molar refractivity (Wildman–Crippen MR) is 114 cm³/mol. The minimum absolute atomic E-state index is 0.0855. The topological polar surface area (TPSA) is 49.4 Å². The number of carbonyl (C=O) groups is 2. The van der Waals surface area contributed by atoms with Crippen LogP contribution in [0.2, 0.25) is 0 Å². The van der Waals surface area contributed by atoms with E-state index in [-0.39, 0.29) is 18.2 Å². The van der Waals surface area contributed by atoms with Crippen LogP contribution in [0, 0.1) is 12.7 Å². The smallest absolute Gasteiger partial charge is 0.243 e. The van der Waals surface area contributed by atoms with Crippen molar-refractivity contribution >= 4 is 11.8 Å². The fourth-order valence-electron chi connectivity index (χ4n) is 3.29. The summed E-state index contributed by atoms with van der Waals surface area (Å²) < 4.78 is 14.1. The van der Waals surface area contributed by atoms with Gasteiger partial charge in [0, 0.05) is 12.1 Å². The molecule has 5 heteroatoms. The first-order chi connectivity index (χ1) is 13.6. The molecule has 0 aliphatic heterocycles. The highest BCUT2D eigenvalue weighted by Gasteiger charge is 2.30. The van der Waals surface area contributed by atoms with E-state index in [1.165, 1.54) is 6.07 Å². The Morgan fingerprint density at radius 1 is 1.10 bits per heavy atom. The van der Waals surface area contributed by atoms with Gasteiger partial charge in [-0.1, -0.05) is 55.0 Å². The molecule has 0 saturated carbocycles.